The largest absolute Gasteiger partial charge is 0.368 e. The molecular formula is C13H19N3O. The molecule has 0 radical (unpaired) electrons. The second-order valence-corrected chi connectivity index (χ2v) is 4.45. The van der Waals surface area contributed by atoms with Crippen LogP contribution in [0.5, 0.6) is 0 Å². The standard InChI is InChI=1S/C13H19N3O/c1-15-9-10-4-6-11(7-5-10)16-8-2-3-12(16)13(14)17/h4-7,12,15H,2-3,8-9H2,1H3,(H2,14,17). The smallest absolute Gasteiger partial charge is 0.240 e. The molecule has 4 nitrogen and oxygen atoms in total. The summed E-state index contributed by atoms with van der Waals surface area (Å²) in [4.78, 5) is 13.4. The Morgan fingerprint density at radius 2 is 2.18 bits per heavy atom. The highest BCUT2D eigenvalue weighted by molar-refractivity contribution is 5.84. The quantitative estimate of drug-likeness (QED) is 0.811. The van der Waals surface area contributed by atoms with E-state index in [1.54, 1.807) is 0 Å². The third kappa shape index (κ3) is 2.58. The number of nitrogens with two attached hydrogens (primary N) is 1. The van der Waals surface area contributed by atoms with Gasteiger partial charge in [0.2, 0.25) is 5.91 Å². The van der Waals surface area contributed by atoms with Crippen molar-refractivity contribution < 1.29 is 4.79 Å². The summed E-state index contributed by atoms with van der Waals surface area (Å²) in [7, 11) is 1.93. The fourth-order valence-electron chi connectivity index (χ4n) is 2.38. The van der Waals surface area contributed by atoms with Gasteiger partial charge in [-0.3, -0.25) is 4.79 Å². The minimum Gasteiger partial charge on any atom is -0.368 e. The van der Waals surface area contributed by atoms with Gasteiger partial charge in [-0.25, -0.2) is 0 Å². The van der Waals surface area contributed by atoms with Crippen molar-refractivity contribution in [2.24, 2.45) is 5.73 Å². The lowest BCUT2D eigenvalue weighted by atomic mass is 10.1. The van der Waals surface area contributed by atoms with Gasteiger partial charge in [0.25, 0.3) is 0 Å². The molecule has 1 atom stereocenters. The van der Waals surface area contributed by atoms with Gasteiger partial charge in [0.1, 0.15) is 6.04 Å². The van der Waals surface area contributed by atoms with Crippen molar-refractivity contribution in [1.82, 2.24) is 5.32 Å². The van der Waals surface area contributed by atoms with Crippen LogP contribution >= 0.6 is 0 Å². The Bertz CT molecular complexity index is 388. The van der Waals surface area contributed by atoms with Gasteiger partial charge < -0.3 is 16.0 Å². The Morgan fingerprint density at radius 1 is 1.47 bits per heavy atom. The zero-order valence-corrected chi connectivity index (χ0v) is 10.1. The van der Waals surface area contributed by atoms with E-state index in [2.05, 4.69) is 34.5 Å². The van der Waals surface area contributed by atoms with E-state index in [-0.39, 0.29) is 11.9 Å². The molecule has 2 rings (SSSR count). The molecule has 0 aromatic heterocycles. The van der Waals surface area contributed by atoms with Crippen LogP contribution in [-0.4, -0.2) is 25.5 Å². The number of carbonyl (C=O) groups is 1. The molecule has 1 saturated heterocycles. The van der Waals surface area contributed by atoms with Crippen LogP contribution in [0.15, 0.2) is 24.3 Å². The minimum absolute atomic E-state index is 0.134. The second-order valence-electron chi connectivity index (χ2n) is 4.45. The number of hydrogen-bond donors (Lipinski definition) is 2. The van der Waals surface area contributed by atoms with Gasteiger partial charge in [-0.05, 0) is 37.6 Å². The zero-order chi connectivity index (χ0) is 12.3. The van der Waals surface area contributed by atoms with Crippen LogP contribution in [0.4, 0.5) is 5.69 Å². The molecule has 1 unspecified atom stereocenters. The summed E-state index contributed by atoms with van der Waals surface area (Å²) < 4.78 is 0. The number of hydrogen-bond acceptors (Lipinski definition) is 3. The summed E-state index contributed by atoms with van der Waals surface area (Å²) in [5.41, 5.74) is 7.74. The molecule has 1 amide bonds. The number of amides is 1. The first-order valence-electron chi connectivity index (χ1n) is 6.02. The first kappa shape index (κ1) is 11.9. The van der Waals surface area contributed by atoms with Crippen LogP contribution in [-0.2, 0) is 11.3 Å². The lowest BCUT2D eigenvalue weighted by Gasteiger charge is -2.24. The Kier molecular flexibility index (Phi) is 3.64. The van der Waals surface area contributed by atoms with E-state index in [0.717, 1.165) is 31.6 Å². The molecule has 4 heteroatoms. The lowest BCUT2D eigenvalue weighted by molar-refractivity contribution is -0.119. The molecule has 1 aromatic carbocycles. The maximum atomic E-state index is 11.3. The van der Waals surface area contributed by atoms with E-state index in [0.29, 0.717) is 0 Å². The van der Waals surface area contributed by atoms with Crippen molar-refractivity contribution in [2.45, 2.75) is 25.4 Å². The van der Waals surface area contributed by atoms with Gasteiger partial charge in [0.15, 0.2) is 0 Å². The highest BCUT2D eigenvalue weighted by atomic mass is 16.1. The Balaban J connectivity index is 2.13. The average molecular weight is 233 g/mol. The summed E-state index contributed by atoms with van der Waals surface area (Å²) >= 11 is 0. The SMILES string of the molecule is CNCc1ccc(N2CCCC2C(N)=O)cc1. The van der Waals surface area contributed by atoms with E-state index >= 15 is 0 Å². The second kappa shape index (κ2) is 5.19. The molecular weight excluding hydrogens is 214 g/mol. The van der Waals surface area contributed by atoms with Gasteiger partial charge in [-0.15, -0.1) is 0 Å². The third-order valence-electron chi connectivity index (χ3n) is 3.23. The first-order valence-corrected chi connectivity index (χ1v) is 6.02. The average Bonchev–Trinajstić information content (AvgIpc) is 2.79. The molecule has 1 aromatic rings. The number of nitrogens with zero attached hydrogens (tertiary/aromatic N) is 1. The zero-order valence-electron chi connectivity index (χ0n) is 10.1. The van der Waals surface area contributed by atoms with Crippen LogP contribution in [0, 0.1) is 0 Å². The summed E-state index contributed by atoms with van der Waals surface area (Å²) in [6, 6.07) is 8.16. The molecule has 92 valence electrons. The molecule has 0 saturated carbocycles. The third-order valence-corrected chi connectivity index (χ3v) is 3.23. The Hall–Kier alpha value is -1.55. The van der Waals surface area contributed by atoms with E-state index in [4.69, 9.17) is 5.73 Å². The van der Waals surface area contributed by atoms with Crippen LogP contribution < -0.4 is 16.0 Å². The number of nitrogens with one attached hydrogen (secondary N) is 1. The molecule has 3 N–H and O–H groups in total. The maximum absolute atomic E-state index is 11.3. The van der Waals surface area contributed by atoms with Crippen LogP contribution in [0.2, 0.25) is 0 Å². The van der Waals surface area contributed by atoms with Gasteiger partial charge >= 0.3 is 0 Å². The van der Waals surface area contributed by atoms with Crippen molar-refractivity contribution in [3.63, 3.8) is 0 Å². The summed E-state index contributed by atoms with van der Waals surface area (Å²) in [5, 5.41) is 3.11. The Labute approximate surface area is 102 Å². The van der Waals surface area contributed by atoms with Crippen LogP contribution in [0.3, 0.4) is 0 Å². The maximum Gasteiger partial charge on any atom is 0.240 e. The predicted molar refractivity (Wildman–Crippen MR) is 68.8 cm³/mol. The number of benzene rings is 1. The van der Waals surface area contributed by atoms with Gasteiger partial charge in [0, 0.05) is 18.8 Å². The first-order chi connectivity index (χ1) is 8.22. The van der Waals surface area contributed by atoms with E-state index in [1.807, 2.05) is 7.05 Å². The van der Waals surface area contributed by atoms with E-state index in [9.17, 15) is 4.79 Å². The molecule has 1 aliphatic heterocycles. The van der Waals surface area contributed by atoms with E-state index < -0.39 is 0 Å². The van der Waals surface area contributed by atoms with E-state index in [1.165, 1.54) is 5.56 Å². The van der Waals surface area contributed by atoms with Gasteiger partial charge in [-0.2, -0.15) is 0 Å². The molecule has 1 fully saturated rings. The summed E-state index contributed by atoms with van der Waals surface area (Å²) in [6.07, 6.45) is 1.90. The number of primary amides is 1. The normalized spacial score (nSPS) is 19.6. The molecule has 0 aliphatic carbocycles. The highest BCUT2D eigenvalue weighted by Gasteiger charge is 2.28. The molecule has 17 heavy (non-hydrogen) atoms. The monoisotopic (exact) mass is 233 g/mol. The van der Waals surface area contributed by atoms with Gasteiger partial charge in [0.05, 0.1) is 0 Å². The number of anilines is 1. The predicted octanol–water partition coefficient (Wildman–Crippen LogP) is 0.860. The molecule has 1 heterocycles. The highest BCUT2D eigenvalue weighted by Crippen LogP contribution is 2.25. The molecule has 1 aliphatic rings. The lowest BCUT2D eigenvalue weighted by Crippen LogP contribution is -2.40. The minimum atomic E-state index is -0.221. The van der Waals surface area contributed by atoms with Crippen molar-refractivity contribution in [3.05, 3.63) is 29.8 Å². The molecule has 0 bridgehead atoms. The van der Waals surface area contributed by atoms with Crippen LogP contribution in [0.1, 0.15) is 18.4 Å². The number of carbonyl (C=O) groups excluding carboxylic acids is 1. The van der Waals surface area contributed by atoms with Crippen LogP contribution in [0.25, 0.3) is 0 Å². The fourth-order valence-corrected chi connectivity index (χ4v) is 2.38. The topological polar surface area (TPSA) is 58.4 Å². The Morgan fingerprint density at radius 3 is 2.76 bits per heavy atom. The van der Waals surface area contributed by atoms with Crippen molar-refractivity contribution in [1.29, 1.82) is 0 Å². The van der Waals surface area contributed by atoms with Gasteiger partial charge in [-0.1, -0.05) is 12.1 Å². The summed E-state index contributed by atoms with van der Waals surface area (Å²) in [5.74, 6) is -0.221. The van der Waals surface area contributed by atoms with Crippen molar-refractivity contribution >= 4 is 11.6 Å². The number of rotatable bonds is 4. The fraction of sp³-hybridized carbons (Fsp3) is 0.462. The van der Waals surface area contributed by atoms with Crippen molar-refractivity contribution in [2.75, 3.05) is 18.5 Å². The van der Waals surface area contributed by atoms with Crippen molar-refractivity contribution in [3.8, 4) is 0 Å². The summed E-state index contributed by atoms with van der Waals surface area (Å²) in [6.45, 7) is 1.78. The molecule has 0 spiro atoms.